The highest BCUT2D eigenvalue weighted by atomic mass is 79.9. The number of hydrogen-bond donors (Lipinski definition) is 0. The van der Waals surface area contributed by atoms with Gasteiger partial charge in [-0.1, -0.05) is 37.0 Å². The van der Waals surface area contributed by atoms with Crippen molar-refractivity contribution in [3.8, 4) is 11.5 Å². The van der Waals surface area contributed by atoms with Crippen LogP contribution < -0.4 is 14.4 Å². The lowest BCUT2D eigenvalue weighted by Gasteiger charge is -2.15. The minimum atomic E-state index is -0.508. The number of nitrogens with zero attached hydrogens (tertiary/aromatic N) is 2. The van der Waals surface area contributed by atoms with E-state index < -0.39 is 4.92 Å². The normalized spacial score (nSPS) is 14.9. The Morgan fingerprint density at radius 3 is 2.71 bits per heavy atom. The number of anilines is 1. The zero-order valence-corrected chi connectivity index (χ0v) is 20.0. The minimum absolute atomic E-state index is 0.108. The number of nitro groups is 1. The van der Waals surface area contributed by atoms with Crippen LogP contribution in [0.4, 0.5) is 11.4 Å². The van der Waals surface area contributed by atoms with Crippen molar-refractivity contribution in [2.45, 2.75) is 20.3 Å². The first kappa shape index (κ1) is 23.2. The fourth-order valence-corrected chi connectivity index (χ4v) is 4.74. The number of non-ortho nitro benzene ring substituents is 1. The Balaban J connectivity index is 1.94. The summed E-state index contributed by atoms with van der Waals surface area (Å²) in [7, 11) is 0. The molecule has 1 heterocycles. The van der Waals surface area contributed by atoms with E-state index in [2.05, 4.69) is 15.9 Å². The molecule has 1 aliphatic rings. The molecule has 0 N–H and O–H groups in total. The molecule has 10 heteroatoms. The first-order valence-electron chi connectivity index (χ1n) is 9.47. The van der Waals surface area contributed by atoms with Gasteiger partial charge in [-0.25, -0.2) is 0 Å². The largest absolute Gasteiger partial charge is 0.490 e. The van der Waals surface area contributed by atoms with E-state index in [0.29, 0.717) is 44.1 Å². The van der Waals surface area contributed by atoms with Crippen LogP contribution in [0, 0.1) is 10.1 Å². The number of amides is 1. The first-order chi connectivity index (χ1) is 14.8. The molecule has 0 atom stereocenters. The molecule has 31 heavy (non-hydrogen) atoms. The van der Waals surface area contributed by atoms with E-state index in [4.69, 9.17) is 21.7 Å². The minimum Gasteiger partial charge on any atom is -0.490 e. The SMILES string of the molecule is CCCOc1c(Br)cc(/C=C2/SC(=S)N(c3cccc([N+](=O)[O-])c3)C2=O)cc1OCC. The molecule has 0 aromatic heterocycles. The Kier molecular flexibility index (Phi) is 7.69. The van der Waals surface area contributed by atoms with E-state index in [1.807, 2.05) is 19.9 Å². The van der Waals surface area contributed by atoms with Crippen molar-refractivity contribution >= 4 is 67.6 Å². The molecule has 0 bridgehead atoms. The van der Waals surface area contributed by atoms with Crippen molar-refractivity contribution < 1.29 is 19.2 Å². The lowest BCUT2D eigenvalue weighted by atomic mass is 10.1. The van der Waals surface area contributed by atoms with Crippen LogP contribution in [0.5, 0.6) is 11.5 Å². The summed E-state index contributed by atoms with van der Waals surface area (Å²) in [5.41, 5.74) is 0.988. The third kappa shape index (κ3) is 5.25. The Morgan fingerprint density at radius 1 is 1.26 bits per heavy atom. The van der Waals surface area contributed by atoms with E-state index in [1.165, 1.54) is 23.1 Å². The lowest BCUT2D eigenvalue weighted by molar-refractivity contribution is -0.384. The summed E-state index contributed by atoms with van der Waals surface area (Å²) in [5, 5.41) is 11.1. The summed E-state index contributed by atoms with van der Waals surface area (Å²) < 4.78 is 12.5. The van der Waals surface area contributed by atoms with Crippen LogP contribution in [0.1, 0.15) is 25.8 Å². The van der Waals surface area contributed by atoms with Gasteiger partial charge in [0.2, 0.25) is 0 Å². The summed E-state index contributed by atoms with van der Waals surface area (Å²) >= 11 is 10.0. The van der Waals surface area contributed by atoms with Crippen LogP contribution in [-0.2, 0) is 4.79 Å². The number of rotatable bonds is 8. The first-order valence-corrected chi connectivity index (χ1v) is 11.5. The van der Waals surface area contributed by atoms with Gasteiger partial charge in [0, 0.05) is 12.1 Å². The highest BCUT2D eigenvalue weighted by molar-refractivity contribution is 9.10. The molecule has 2 aromatic rings. The lowest BCUT2D eigenvalue weighted by Crippen LogP contribution is -2.27. The highest BCUT2D eigenvalue weighted by Gasteiger charge is 2.34. The number of nitro benzene ring substituents is 1. The monoisotopic (exact) mass is 522 g/mol. The maximum Gasteiger partial charge on any atom is 0.271 e. The molecule has 1 fully saturated rings. The second-order valence-corrected chi connectivity index (χ2v) is 8.94. The van der Waals surface area contributed by atoms with Crippen LogP contribution >= 0.6 is 39.9 Å². The number of carbonyl (C=O) groups excluding carboxylic acids is 1. The molecule has 162 valence electrons. The maximum absolute atomic E-state index is 13.0. The Morgan fingerprint density at radius 2 is 2.03 bits per heavy atom. The highest BCUT2D eigenvalue weighted by Crippen LogP contribution is 2.40. The molecule has 1 saturated heterocycles. The second-order valence-electron chi connectivity index (χ2n) is 6.41. The van der Waals surface area contributed by atoms with Gasteiger partial charge in [-0.2, -0.15) is 0 Å². The quantitative estimate of drug-likeness (QED) is 0.183. The zero-order valence-electron chi connectivity index (χ0n) is 16.8. The van der Waals surface area contributed by atoms with Crippen molar-refractivity contribution in [3.63, 3.8) is 0 Å². The van der Waals surface area contributed by atoms with E-state index >= 15 is 0 Å². The van der Waals surface area contributed by atoms with Crippen LogP contribution in [0.25, 0.3) is 6.08 Å². The van der Waals surface area contributed by atoms with Gasteiger partial charge in [0.05, 0.1) is 33.2 Å². The predicted molar refractivity (Wildman–Crippen MR) is 130 cm³/mol. The third-order valence-corrected chi connectivity index (χ3v) is 6.06. The number of carbonyl (C=O) groups is 1. The van der Waals surface area contributed by atoms with Crippen molar-refractivity contribution in [2.75, 3.05) is 18.1 Å². The molecule has 0 unspecified atom stereocenters. The Hall–Kier alpha value is -2.43. The van der Waals surface area contributed by atoms with E-state index in [9.17, 15) is 14.9 Å². The average Bonchev–Trinajstić information content (AvgIpc) is 3.00. The van der Waals surface area contributed by atoms with Gasteiger partial charge in [0.25, 0.3) is 11.6 Å². The fraction of sp³-hybridized carbons (Fsp3) is 0.238. The van der Waals surface area contributed by atoms with Gasteiger partial charge < -0.3 is 9.47 Å². The standard InChI is InChI=1S/C21H19BrN2O5S2/c1-3-8-29-19-16(22)9-13(10-17(19)28-4-2)11-18-20(25)23(21(30)31-18)14-6-5-7-15(12-14)24(26)27/h5-7,9-12H,3-4,8H2,1-2H3/b18-11+. The summed E-state index contributed by atoms with van der Waals surface area (Å²) in [4.78, 5) is 25.3. The molecule has 1 amide bonds. The summed E-state index contributed by atoms with van der Waals surface area (Å²) in [6, 6.07) is 9.48. The van der Waals surface area contributed by atoms with Crippen LogP contribution in [0.15, 0.2) is 45.8 Å². The molecule has 0 radical (unpaired) electrons. The van der Waals surface area contributed by atoms with Gasteiger partial charge in [-0.05, 0) is 59.1 Å². The molecule has 0 aliphatic carbocycles. The summed E-state index contributed by atoms with van der Waals surface area (Å²) in [6.45, 7) is 4.92. The molecule has 1 aliphatic heterocycles. The summed E-state index contributed by atoms with van der Waals surface area (Å²) in [6.07, 6.45) is 2.58. The zero-order chi connectivity index (χ0) is 22.5. The molecule has 0 spiro atoms. The van der Waals surface area contributed by atoms with Crippen LogP contribution in [0.3, 0.4) is 0 Å². The van der Waals surface area contributed by atoms with E-state index in [1.54, 1.807) is 18.2 Å². The van der Waals surface area contributed by atoms with Gasteiger partial charge >= 0.3 is 0 Å². The van der Waals surface area contributed by atoms with Crippen molar-refractivity contribution in [3.05, 3.63) is 61.5 Å². The number of benzene rings is 2. The Bertz CT molecular complexity index is 1070. The number of ether oxygens (including phenoxy) is 2. The van der Waals surface area contributed by atoms with E-state index in [-0.39, 0.29) is 11.6 Å². The number of hydrogen-bond acceptors (Lipinski definition) is 7. The van der Waals surface area contributed by atoms with Gasteiger partial charge in [0.1, 0.15) is 0 Å². The molecule has 0 saturated carbocycles. The molecule has 3 rings (SSSR count). The second kappa shape index (κ2) is 10.3. The van der Waals surface area contributed by atoms with E-state index in [0.717, 1.165) is 23.7 Å². The van der Waals surface area contributed by atoms with Crippen molar-refractivity contribution in [2.24, 2.45) is 0 Å². The summed E-state index contributed by atoms with van der Waals surface area (Å²) in [5.74, 6) is 0.853. The molecular weight excluding hydrogens is 504 g/mol. The van der Waals surface area contributed by atoms with Gasteiger partial charge in [0.15, 0.2) is 15.8 Å². The fourth-order valence-electron chi connectivity index (χ4n) is 2.87. The molecule has 7 nitrogen and oxygen atoms in total. The Labute approximate surface area is 197 Å². The predicted octanol–water partition coefficient (Wildman–Crippen LogP) is 5.95. The van der Waals surface area contributed by atoms with Gasteiger partial charge in [-0.3, -0.25) is 19.8 Å². The number of thioether (sulfide) groups is 1. The van der Waals surface area contributed by atoms with Crippen LogP contribution in [0.2, 0.25) is 0 Å². The molecule has 2 aromatic carbocycles. The number of thiocarbonyl (C=S) groups is 1. The van der Waals surface area contributed by atoms with Gasteiger partial charge in [-0.15, -0.1) is 0 Å². The topological polar surface area (TPSA) is 81.9 Å². The van der Waals surface area contributed by atoms with Crippen molar-refractivity contribution in [1.29, 1.82) is 0 Å². The molecular formula is C21H19BrN2O5S2. The smallest absolute Gasteiger partial charge is 0.271 e. The number of halogens is 1. The average molecular weight is 523 g/mol. The maximum atomic E-state index is 13.0. The third-order valence-electron chi connectivity index (χ3n) is 4.17. The van der Waals surface area contributed by atoms with Crippen molar-refractivity contribution in [1.82, 2.24) is 0 Å². The van der Waals surface area contributed by atoms with Crippen LogP contribution in [-0.4, -0.2) is 28.4 Å².